The molecule has 9 nitrogen and oxygen atoms in total. The highest BCUT2D eigenvalue weighted by Gasteiger charge is 2.32. The summed E-state index contributed by atoms with van der Waals surface area (Å²) in [4.78, 5) is 56.0. The van der Waals surface area contributed by atoms with Crippen LogP contribution in [-0.4, -0.2) is 77.7 Å². The van der Waals surface area contributed by atoms with E-state index in [4.69, 9.17) is 0 Å². The molecule has 10 heteroatoms. The van der Waals surface area contributed by atoms with Crippen molar-refractivity contribution in [1.82, 2.24) is 15.1 Å². The molecule has 2 fully saturated rings. The molecular formula is C34H45FN4O5. The van der Waals surface area contributed by atoms with Gasteiger partial charge >= 0.3 is 0 Å². The van der Waals surface area contributed by atoms with E-state index in [1.807, 2.05) is 7.05 Å². The van der Waals surface area contributed by atoms with Crippen LogP contribution in [0.4, 0.5) is 10.1 Å². The Morgan fingerprint density at radius 1 is 0.977 bits per heavy atom. The fourth-order valence-electron chi connectivity index (χ4n) is 6.21. The Bertz CT molecular complexity index is 1320. The van der Waals surface area contributed by atoms with Crippen LogP contribution < -0.4 is 10.6 Å². The Hall–Kier alpha value is -3.79. The molecule has 2 aromatic carbocycles. The largest absolute Gasteiger partial charge is 0.508 e. The standard InChI is InChI=1S/C34H45FN4O5/c1-3-32(42)36-31(34(44)39-16-14-38(2)15-17-39)21-24-12-13-30(29(35)20-24)37-33(43)28(25-9-5-4-6-10-25)22-27(41)19-23-8-7-11-26(40)18-23/h7-8,11-13,18,20,25,28,31,40H,3-6,9-10,14-17,19,21-22H2,1-2H3,(H,36,42)(H,37,43)/t28-,31+/m0/s1. The zero-order valence-corrected chi connectivity index (χ0v) is 25.8. The first-order valence-corrected chi connectivity index (χ1v) is 15.8. The second-order valence-corrected chi connectivity index (χ2v) is 12.2. The topological polar surface area (TPSA) is 119 Å². The first kappa shape index (κ1) is 33.1. The van der Waals surface area contributed by atoms with E-state index in [1.54, 1.807) is 42.2 Å². The molecule has 0 unspecified atom stereocenters. The van der Waals surface area contributed by atoms with Gasteiger partial charge in [-0.1, -0.05) is 44.4 Å². The number of aromatic hydroxyl groups is 1. The van der Waals surface area contributed by atoms with Crippen LogP contribution in [0.1, 0.15) is 63.0 Å². The number of hydrogen-bond acceptors (Lipinski definition) is 6. The molecule has 3 N–H and O–H groups in total. The molecule has 1 saturated heterocycles. The molecule has 1 aliphatic heterocycles. The molecule has 2 atom stereocenters. The average Bonchev–Trinajstić information content (AvgIpc) is 3.01. The van der Waals surface area contributed by atoms with Crippen LogP contribution in [-0.2, 0) is 32.0 Å². The van der Waals surface area contributed by atoms with Gasteiger partial charge in [0.05, 0.1) is 5.69 Å². The molecule has 2 aliphatic rings. The molecule has 44 heavy (non-hydrogen) atoms. The maximum Gasteiger partial charge on any atom is 0.245 e. The molecule has 0 aromatic heterocycles. The molecule has 2 aromatic rings. The van der Waals surface area contributed by atoms with Crippen molar-refractivity contribution in [2.45, 2.75) is 70.8 Å². The summed E-state index contributed by atoms with van der Waals surface area (Å²) in [6.07, 6.45) is 5.24. The van der Waals surface area contributed by atoms with Gasteiger partial charge in [-0.15, -0.1) is 0 Å². The van der Waals surface area contributed by atoms with E-state index >= 15 is 4.39 Å². The molecule has 1 heterocycles. The van der Waals surface area contributed by atoms with Gasteiger partial charge in [0.25, 0.3) is 0 Å². The third-order valence-corrected chi connectivity index (χ3v) is 8.82. The minimum absolute atomic E-state index is 0.0135. The normalized spacial score (nSPS) is 17.5. The van der Waals surface area contributed by atoms with E-state index in [9.17, 15) is 24.3 Å². The zero-order valence-electron chi connectivity index (χ0n) is 25.8. The van der Waals surface area contributed by atoms with Crippen molar-refractivity contribution in [3.05, 3.63) is 59.4 Å². The van der Waals surface area contributed by atoms with Crippen molar-refractivity contribution in [2.75, 3.05) is 38.5 Å². The molecular weight excluding hydrogens is 563 g/mol. The maximum atomic E-state index is 15.4. The lowest BCUT2D eigenvalue weighted by molar-refractivity contribution is -0.137. The van der Waals surface area contributed by atoms with Crippen molar-refractivity contribution in [1.29, 1.82) is 0 Å². The Labute approximate surface area is 259 Å². The molecule has 1 aliphatic carbocycles. The highest BCUT2D eigenvalue weighted by molar-refractivity contribution is 5.96. The SMILES string of the molecule is CCC(=O)N[C@H](Cc1ccc(NC(=O)[C@@H](CC(=O)Cc2cccc(O)c2)C2CCCCC2)c(F)c1)C(=O)N1CCN(C)CC1. The predicted octanol–water partition coefficient (Wildman–Crippen LogP) is 4.08. The molecule has 4 rings (SSSR count). The first-order chi connectivity index (χ1) is 21.1. The summed E-state index contributed by atoms with van der Waals surface area (Å²) in [5.41, 5.74) is 1.22. The van der Waals surface area contributed by atoms with Crippen molar-refractivity contribution < 1.29 is 28.7 Å². The van der Waals surface area contributed by atoms with Gasteiger partial charge < -0.3 is 25.5 Å². The summed E-state index contributed by atoms with van der Waals surface area (Å²) < 4.78 is 15.4. The Morgan fingerprint density at radius 3 is 2.36 bits per heavy atom. The lowest BCUT2D eigenvalue weighted by atomic mass is 9.77. The Balaban J connectivity index is 1.44. The second kappa shape index (κ2) is 15.8. The van der Waals surface area contributed by atoms with Gasteiger partial charge in [-0.3, -0.25) is 19.2 Å². The average molecular weight is 609 g/mol. The number of nitrogens with zero attached hydrogens (tertiary/aromatic N) is 2. The summed E-state index contributed by atoms with van der Waals surface area (Å²) in [5.74, 6) is -2.06. The number of nitrogens with one attached hydrogen (secondary N) is 2. The van der Waals surface area contributed by atoms with E-state index in [0.29, 0.717) is 24.2 Å². The summed E-state index contributed by atoms with van der Waals surface area (Å²) in [5, 5.41) is 15.3. The summed E-state index contributed by atoms with van der Waals surface area (Å²) in [6.45, 7) is 4.32. The van der Waals surface area contributed by atoms with Crippen molar-refractivity contribution in [3.63, 3.8) is 0 Å². The molecule has 0 radical (unpaired) electrons. The number of Topliss-reactive ketones (excluding diaryl/α,β-unsaturated/α-hetero) is 1. The van der Waals surface area contributed by atoms with Gasteiger partial charge in [0, 0.05) is 57.8 Å². The van der Waals surface area contributed by atoms with Crippen LogP contribution in [0.15, 0.2) is 42.5 Å². The number of amides is 3. The summed E-state index contributed by atoms with van der Waals surface area (Å²) in [7, 11) is 1.99. The minimum atomic E-state index is -0.820. The molecule has 3 amide bonds. The number of benzene rings is 2. The molecule has 0 spiro atoms. The fraction of sp³-hybridized carbons (Fsp3) is 0.529. The molecule has 0 bridgehead atoms. The van der Waals surface area contributed by atoms with E-state index in [0.717, 1.165) is 45.2 Å². The number of ketones is 1. The number of carbonyl (C=O) groups excluding carboxylic acids is 4. The summed E-state index contributed by atoms with van der Waals surface area (Å²) >= 11 is 0. The van der Waals surface area contributed by atoms with Gasteiger partial charge in [-0.2, -0.15) is 0 Å². The quantitative estimate of drug-likeness (QED) is 0.334. The number of piperazine rings is 1. The Kier molecular flexibility index (Phi) is 11.9. The number of phenols is 1. The van der Waals surface area contributed by atoms with Gasteiger partial charge in [0.2, 0.25) is 17.7 Å². The number of phenolic OH excluding ortho intramolecular Hbond substituents is 1. The third-order valence-electron chi connectivity index (χ3n) is 8.82. The lowest BCUT2D eigenvalue weighted by Gasteiger charge is -2.34. The first-order valence-electron chi connectivity index (χ1n) is 15.8. The van der Waals surface area contributed by atoms with E-state index in [1.165, 1.54) is 12.1 Å². The van der Waals surface area contributed by atoms with E-state index in [-0.39, 0.29) is 66.5 Å². The molecule has 1 saturated carbocycles. The number of carbonyl (C=O) groups is 4. The maximum absolute atomic E-state index is 15.4. The third kappa shape index (κ3) is 9.35. The molecule has 238 valence electrons. The Morgan fingerprint density at radius 2 is 1.70 bits per heavy atom. The monoisotopic (exact) mass is 608 g/mol. The smallest absolute Gasteiger partial charge is 0.245 e. The fourth-order valence-corrected chi connectivity index (χ4v) is 6.21. The second-order valence-electron chi connectivity index (χ2n) is 12.2. The number of hydrogen-bond donors (Lipinski definition) is 3. The van der Waals surface area contributed by atoms with Gasteiger partial charge in [0.1, 0.15) is 23.4 Å². The van der Waals surface area contributed by atoms with Crippen molar-refractivity contribution in [2.24, 2.45) is 11.8 Å². The van der Waals surface area contributed by atoms with Crippen LogP contribution >= 0.6 is 0 Å². The van der Waals surface area contributed by atoms with Gasteiger partial charge in [-0.05, 0) is 61.2 Å². The van der Waals surface area contributed by atoms with Crippen molar-refractivity contribution >= 4 is 29.2 Å². The van der Waals surface area contributed by atoms with Gasteiger partial charge in [-0.25, -0.2) is 4.39 Å². The number of halogens is 1. The van der Waals surface area contributed by atoms with Crippen LogP contribution in [0, 0.1) is 17.7 Å². The number of rotatable bonds is 12. The van der Waals surface area contributed by atoms with Crippen LogP contribution in [0.3, 0.4) is 0 Å². The van der Waals surface area contributed by atoms with Crippen LogP contribution in [0.5, 0.6) is 5.75 Å². The van der Waals surface area contributed by atoms with Crippen LogP contribution in [0.25, 0.3) is 0 Å². The number of anilines is 1. The minimum Gasteiger partial charge on any atom is -0.508 e. The number of likely N-dealkylation sites (N-methyl/N-ethyl adjacent to an activating group) is 1. The highest BCUT2D eigenvalue weighted by Crippen LogP contribution is 2.33. The predicted molar refractivity (Wildman–Crippen MR) is 167 cm³/mol. The van der Waals surface area contributed by atoms with Crippen molar-refractivity contribution in [3.8, 4) is 5.75 Å². The van der Waals surface area contributed by atoms with E-state index < -0.39 is 17.8 Å². The van der Waals surface area contributed by atoms with Crippen LogP contribution in [0.2, 0.25) is 0 Å². The summed E-state index contributed by atoms with van der Waals surface area (Å²) in [6, 6.07) is 10.1. The van der Waals surface area contributed by atoms with Gasteiger partial charge in [0.15, 0.2) is 0 Å². The highest BCUT2D eigenvalue weighted by atomic mass is 19.1. The zero-order chi connectivity index (χ0) is 31.6. The van der Waals surface area contributed by atoms with E-state index in [2.05, 4.69) is 15.5 Å². The lowest BCUT2D eigenvalue weighted by Crippen LogP contribution is -2.54.